The number of carbonyl (C=O) groups excluding carboxylic acids is 1. The normalized spacial score (nSPS) is 12.9. The van der Waals surface area contributed by atoms with Gasteiger partial charge in [0.15, 0.2) is 6.10 Å². The van der Waals surface area contributed by atoms with Crippen LogP contribution >= 0.6 is 15.9 Å². The molecule has 0 saturated heterocycles. The van der Waals surface area contributed by atoms with Gasteiger partial charge in [-0.05, 0) is 54.9 Å². The maximum absolute atomic E-state index is 12.9. The fourth-order valence-electron chi connectivity index (χ4n) is 1.27. The number of rotatable bonds is 5. The zero-order valence-electron chi connectivity index (χ0n) is 11.2. The van der Waals surface area contributed by atoms with Crippen LogP contribution in [0.15, 0.2) is 22.7 Å². The van der Waals surface area contributed by atoms with Crippen LogP contribution in [0.1, 0.15) is 20.8 Å². The number of ether oxygens (including phenoxy) is 1. The van der Waals surface area contributed by atoms with Gasteiger partial charge in [-0.25, -0.2) is 4.39 Å². The van der Waals surface area contributed by atoms with E-state index in [2.05, 4.69) is 21.2 Å². The van der Waals surface area contributed by atoms with Gasteiger partial charge in [0, 0.05) is 12.1 Å². The van der Waals surface area contributed by atoms with Crippen molar-refractivity contribution in [3.63, 3.8) is 0 Å². The number of halogens is 2. The quantitative estimate of drug-likeness (QED) is 0.868. The van der Waals surface area contributed by atoms with E-state index >= 15 is 0 Å². The lowest BCUT2D eigenvalue weighted by molar-refractivity contribution is -0.127. The number of hydrogen-bond acceptors (Lipinski definition) is 3. The topological polar surface area (TPSA) is 64.3 Å². The lowest BCUT2D eigenvalue weighted by Gasteiger charge is -2.21. The summed E-state index contributed by atoms with van der Waals surface area (Å²) in [6.07, 6.45) is -0.691. The minimum absolute atomic E-state index is 0.269. The first-order chi connectivity index (χ1) is 8.69. The second kappa shape index (κ2) is 6.34. The molecule has 19 heavy (non-hydrogen) atoms. The molecule has 0 aliphatic carbocycles. The number of benzene rings is 1. The highest BCUT2D eigenvalue weighted by Gasteiger charge is 2.19. The summed E-state index contributed by atoms with van der Waals surface area (Å²) < 4.78 is 18.8. The molecule has 0 fully saturated rings. The van der Waals surface area contributed by atoms with Crippen LogP contribution in [0.25, 0.3) is 0 Å². The van der Waals surface area contributed by atoms with Crippen molar-refractivity contribution in [3.05, 3.63) is 28.5 Å². The average molecular weight is 333 g/mol. The molecule has 3 N–H and O–H groups in total. The SMILES string of the molecule is CC(Oc1ccc(F)cc1Br)C(=O)NCC(C)(C)N. The zero-order valence-corrected chi connectivity index (χ0v) is 12.8. The molecular weight excluding hydrogens is 315 g/mol. The number of hydrogen-bond donors (Lipinski definition) is 2. The molecule has 6 heteroatoms. The Labute approximate surface area is 120 Å². The molecule has 1 rings (SSSR count). The van der Waals surface area contributed by atoms with Crippen LogP contribution in [0.4, 0.5) is 4.39 Å². The van der Waals surface area contributed by atoms with Gasteiger partial charge in [-0.15, -0.1) is 0 Å². The third kappa shape index (κ3) is 5.57. The molecule has 1 amide bonds. The highest BCUT2D eigenvalue weighted by atomic mass is 79.9. The van der Waals surface area contributed by atoms with Crippen molar-refractivity contribution in [1.29, 1.82) is 0 Å². The summed E-state index contributed by atoms with van der Waals surface area (Å²) in [5, 5.41) is 2.70. The van der Waals surface area contributed by atoms with Gasteiger partial charge in [-0.1, -0.05) is 0 Å². The minimum atomic E-state index is -0.691. The third-order valence-corrected chi connectivity index (χ3v) is 2.90. The number of nitrogens with one attached hydrogen (secondary N) is 1. The van der Waals surface area contributed by atoms with E-state index in [1.807, 2.05) is 13.8 Å². The Morgan fingerprint density at radius 1 is 1.58 bits per heavy atom. The van der Waals surface area contributed by atoms with Crippen molar-refractivity contribution >= 4 is 21.8 Å². The second-order valence-corrected chi connectivity index (χ2v) is 5.90. The average Bonchev–Trinajstić information content (AvgIpc) is 2.28. The van der Waals surface area contributed by atoms with Crippen molar-refractivity contribution in [2.75, 3.05) is 6.54 Å². The van der Waals surface area contributed by atoms with Crippen LogP contribution in [0.5, 0.6) is 5.75 Å². The molecule has 0 saturated carbocycles. The van der Waals surface area contributed by atoms with Crippen LogP contribution in [0.2, 0.25) is 0 Å². The summed E-state index contributed by atoms with van der Waals surface area (Å²) in [6, 6.07) is 4.02. The summed E-state index contributed by atoms with van der Waals surface area (Å²) in [5.41, 5.74) is 5.29. The van der Waals surface area contributed by atoms with Crippen molar-refractivity contribution in [2.24, 2.45) is 5.73 Å². The molecule has 106 valence electrons. The van der Waals surface area contributed by atoms with Crippen LogP contribution in [-0.2, 0) is 4.79 Å². The molecule has 0 heterocycles. The first-order valence-corrected chi connectivity index (χ1v) is 6.66. The molecule has 0 aliphatic rings. The summed E-state index contributed by atoms with van der Waals surface area (Å²) in [4.78, 5) is 11.8. The van der Waals surface area contributed by atoms with Crippen molar-refractivity contribution in [1.82, 2.24) is 5.32 Å². The third-order valence-electron chi connectivity index (χ3n) is 2.29. The van der Waals surface area contributed by atoms with E-state index in [0.29, 0.717) is 16.8 Å². The Morgan fingerprint density at radius 2 is 2.21 bits per heavy atom. The molecule has 0 aromatic heterocycles. The highest BCUT2D eigenvalue weighted by molar-refractivity contribution is 9.10. The number of nitrogens with two attached hydrogens (primary N) is 1. The molecule has 1 aromatic carbocycles. The van der Waals surface area contributed by atoms with E-state index in [-0.39, 0.29) is 11.7 Å². The van der Waals surface area contributed by atoms with Gasteiger partial charge >= 0.3 is 0 Å². The molecule has 1 atom stereocenters. The Kier molecular flexibility index (Phi) is 5.31. The lowest BCUT2D eigenvalue weighted by Crippen LogP contribution is -2.48. The highest BCUT2D eigenvalue weighted by Crippen LogP contribution is 2.26. The molecular formula is C13H18BrFN2O2. The van der Waals surface area contributed by atoms with Gasteiger partial charge in [0.2, 0.25) is 0 Å². The maximum atomic E-state index is 12.9. The fourth-order valence-corrected chi connectivity index (χ4v) is 1.72. The predicted octanol–water partition coefficient (Wildman–Crippen LogP) is 2.21. The zero-order chi connectivity index (χ0) is 14.6. The van der Waals surface area contributed by atoms with Crippen LogP contribution in [0.3, 0.4) is 0 Å². The Bertz CT molecular complexity index is 460. The van der Waals surface area contributed by atoms with E-state index < -0.39 is 11.6 Å². The number of carbonyl (C=O) groups is 1. The first kappa shape index (κ1) is 15.9. The smallest absolute Gasteiger partial charge is 0.260 e. The molecule has 0 radical (unpaired) electrons. The fraction of sp³-hybridized carbons (Fsp3) is 0.462. The summed E-state index contributed by atoms with van der Waals surface area (Å²) in [5.74, 6) is -0.230. The molecule has 1 unspecified atom stereocenters. The Hall–Kier alpha value is -1.14. The van der Waals surface area contributed by atoms with Gasteiger partial charge < -0.3 is 15.8 Å². The van der Waals surface area contributed by atoms with Crippen molar-refractivity contribution in [2.45, 2.75) is 32.4 Å². The largest absolute Gasteiger partial charge is 0.480 e. The van der Waals surface area contributed by atoms with Crippen LogP contribution in [0, 0.1) is 5.82 Å². The van der Waals surface area contributed by atoms with Gasteiger partial charge in [-0.2, -0.15) is 0 Å². The van der Waals surface area contributed by atoms with Gasteiger partial charge in [-0.3, -0.25) is 4.79 Å². The summed E-state index contributed by atoms with van der Waals surface area (Å²) in [6.45, 7) is 5.60. The van der Waals surface area contributed by atoms with E-state index in [1.165, 1.54) is 18.2 Å². The standard InChI is InChI=1S/C13H18BrFN2O2/c1-8(12(18)17-7-13(2,3)16)19-11-5-4-9(15)6-10(11)14/h4-6,8H,7,16H2,1-3H3,(H,17,18). The molecule has 4 nitrogen and oxygen atoms in total. The Balaban J connectivity index is 2.59. The van der Waals surface area contributed by atoms with Crippen LogP contribution < -0.4 is 15.8 Å². The minimum Gasteiger partial charge on any atom is -0.480 e. The van der Waals surface area contributed by atoms with Crippen molar-refractivity contribution in [3.8, 4) is 5.75 Å². The molecule has 1 aromatic rings. The second-order valence-electron chi connectivity index (χ2n) is 5.04. The summed E-state index contributed by atoms with van der Waals surface area (Å²) >= 11 is 3.18. The summed E-state index contributed by atoms with van der Waals surface area (Å²) in [7, 11) is 0. The monoisotopic (exact) mass is 332 g/mol. The van der Waals surface area contributed by atoms with Gasteiger partial charge in [0.1, 0.15) is 11.6 Å². The first-order valence-electron chi connectivity index (χ1n) is 5.87. The van der Waals surface area contributed by atoms with E-state index in [0.717, 1.165) is 0 Å². The van der Waals surface area contributed by atoms with E-state index in [4.69, 9.17) is 10.5 Å². The lowest BCUT2D eigenvalue weighted by atomic mass is 10.1. The Morgan fingerprint density at radius 3 is 2.74 bits per heavy atom. The van der Waals surface area contributed by atoms with Crippen LogP contribution in [-0.4, -0.2) is 24.1 Å². The van der Waals surface area contributed by atoms with Gasteiger partial charge in [0.05, 0.1) is 4.47 Å². The van der Waals surface area contributed by atoms with E-state index in [1.54, 1.807) is 6.92 Å². The maximum Gasteiger partial charge on any atom is 0.260 e. The van der Waals surface area contributed by atoms with E-state index in [9.17, 15) is 9.18 Å². The predicted molar refractivity (Wildman–Crippen MR) is 75.5 cm³/mol. The number of amides is 1. The van der Waals surface area contributed by atoms with Gasteiger partial charge in [0.25, 0.3) is 5.91 Å². The molecule has 0 spiro atoms. The molecule has 0 aliphatic heterocycles. The molecule has 0 bridgehead atoms. The van der Waals surface area contributed by atoms with Crippen molar-refractivity contribution < 1.29 is 13.9 Å².